The lowest BCUT2D eigenvalue weighted by molar-refractivity contribution is -0.0448. The van der Waals surface area contributed by atoms with Gasteiger partial charge < -0.3 is 19.7 Å². The highest BCUT2D eigenvalue weighted by molar-refractivity contribution is 6.41. The molecule has 0 aromatic carbocycles. The van der Waals surface area contributed by atoms with E-state index in [1.807, 2.05) is 0 Å². The second kappa shape index (κ2) is 5.27. The molecule has 1 saturated heterocycles. The zero-order valence-corrected chi connectivity index (χ0v) is 10.5. The van der Waals surface area contributed by atoms with Crippen LogP contribution in [0.5, 0.6) is 0 Å². The fourth-order valence-corrected chi connectivity index (χ4v) is 2.02. The van der Waals surface area contributed by atoms with Crippen molar-refractivity contribution in [3.63, 3.8) is 0 Å². The van der Waals surface area contributed by atoms with Crippen LogP contribution in [0.3, 0.4) is 0 Å². The standard InChI is InChI=1S/C10H12Cl2N2O3/c11-7-3-8(13-9(7)12)10(16)14-1-2-17-6(4-14)5-15/h3,6,13,15H,1-2,4-5H2. The van der Waals surface area contributed by atoms with Crippen molar-refractivity contribution in [3.8, 4) is 0 Å². The number of carbonyl (C=O) groups is 1. The lowest BCUT2D eigenvalue weighted by Gasteiger charge is -2.31. The number of ether oxygens (including phenoxy) is 1. The highest BCUT2D eigenvalue weighted by Crippen LogP contribution is 2.23. The molecule has 1 aromatic heterocycles. The van der Waals surface area contributed by atoms with Crippen molar-refractivity contribution in [2.75, 3.05) is 26.3 Å². The molecular formula is C10H12Cl2N2O3. The van der Waals surface area contributed by atoms with E-state index in [1.165, 1.54) is 6.07 Å². The summed E-state index contributed by atoms with van der Waals surface area (Å²) in [6.45, 7) is 1.17. The van der Waals surface area contributed by atoms with Crippen molar-refractivity contribution in [2.24, 2.45) is 0 Å². The largest absolute Gasteiger partial charge is 0.394 e. The number of aliphatic hydroxyl groups excluding tert-OH is 1. The van der Waals surface area contributed by atoms with Crippen LogP contribution in [0.1, 0.15) is 10.5 Å². The maximum atomic E-state index is 12.1. The average molecular weight is 279 g/mol. The van der Waals surface area contributed by atoms with Gasteiger partial charge in [0.15, 0.2) is 0 Å². The third-order valence-corrected chi connectivity index (χ3v) is 3.28. The quantitative estimate of drug-likeness (QED) is 0.853. The molecule has 2 N–H and O–H groups in total. The molecule has 0 radical (unpaired) electrons. The number of hydrogen-bond acceptors (Lipinski definition) is 3. The molecule has 17 heavy (non-hydrogen) atoms. The molecule has 0 saturated carbocycles. The van der Waals surface area contributed by atoms with Gasteiger partial charge in [0.25, 0.3) is 5.91 Å². The Morgan fingerprint density at radius 2 is 2.41 bits per heavy atom. The Morgan fingerprint density at radius 1 is 1.65 bits per heavy atom. The van der Waals surface area contributed by atoms with Gasteiger partial charge in [-0.15, -0.1) is 0 Å². The van der Waals surface area contributed by atoms with Gasteiger partial charge >= 0.3 is 0 Å². The first kappa shape index (κ1) is 12.7. The second-order valence-electron chi connectivity index (χ2n) is 3.77. The first-order chi connectivity index (χ1) is 8.11. The molecule has 7 heteroatoms. The number of aliphatic hydroxyl groups is 1. The van der Waals surface area contributed by atoms with E-state index < -0.39 is 0 Å². The number of nitrogens with one attached hydrogen (secondary N) is 1. The van der Waals surface area contributed by atoms with Gasteiger partial charge in [-0.2, -0.15) is 0 Å². The lowest BCUT2D eigenvalue weighted by atomic mass is 10.2. The fourth-order valence-electron chi connectivity index (χ4n) is 1.70. The first-order valence-corrected chi connectivity index (χ1v) is 5.93. The summed E-state index contributed by atoms with van der Waals surface area (Å²) >= 11 is 11.5. The van der Waals surface area contributed by atoms with E-state index in [1.54, 1.807) is 4.90 Å². The Balaban J connectivity index is 2.09. The number of halogens is 2. The van der Waals surface area contributed by atoms with Crippen LogP contribution in [-0.4, -0.2) is 53.3 Å². The number of nitrogens with zero attached hydrogens (tertiary/aromatic N) is 1. The van der Waals surface area contributed by atoms with Crippen molar-refractivity contribution >= 4 is 29.1 Å². The van der Waals surface area contributed by atoms with Crippen LogP contribution in [0.25, 0.3) is 0 Å². The van der Waals surface area contributed by atoms with Gasteiger partial charge in [0, 0.05) is 13.1 Å². The summed E-state index contributed by atoms with van der Waals surface area (Å²) in [4.78, 5) is 16.4. The van der Waals surface area contributed by atoms with Crippen LogP contribution in [0, 0.1) is 0 Å². The zero-order chi connectivity index (χ0) is 12.4. The minimum atomic E-state index is -0.325. The summed E-state index contributed by atoms with van der Waals surface area (Å²) in [7, 11) is 0. The Hall–Kier alpha value is -0.750. The molecule has 1 amide bonds. The summed E-state index contributed by atoms with van der Waals surface area (Å²) in [5.74, 6) is -0.194. The average Bonchev–Trinajstić information content (AvgIpc) is 2.69. The molecule has 1 atom stereocenters. The third kappa shape index (κ3) is 2.74. The molecule has 0 bridgehead atoms. The van der Waals surface area contributed by atoms with Gasteiger partial charge in [0.1, 0.15) is 10.8 Å². The topological polar surface area (TPSA) is 65.6 Å². The van der Waals surface area contributed by atoms with Gasteiger partial charge in [0.05, 0.1) is 24.3 Å². The van der Waals surface area contributed by atoms with Crippen LogP contribution >= 0.6 is 23.2 Å². The molecule has 5 nitrogen and oxygen atoms in total. The van der Waals surface area contributed by atoms with Crippen molar-refractivity contribution < 1.29 is 14.6 Å². The SMILES string of the molecule is O=C(c1cc(Cl)c(Cl)[nH]1)N1CCOC(CO)C1. The molecule has 2 rings (SSSR count). The predicted octanol–water partition coefficient (Wildman–Crippen LogP) is 1.15. The van der Waals surface area contributed by atoms with E-state index in [9.17, 15) is 4.79 Å². The monoisotopic (exact) mass is 278 g/mol. The Labute approximate surface area is 108 Å². The molecule has 1 unspecified atom stereocenters. The maximum Gasteiger partial charge on any atom is 0.270 e. The number of rotatable bonds is 2. The van der Waals surface area contributed by atoms with Gasteiger partial charge in [-0.05, 0) is 6.07 Å². The summed E-state index contributed by atoms with van der Waals surface area (Å²) in [6, 6.07) is 1.50. The highest BCUT2D eigenvalue weighted by atomic mass is 35.5. The molecular weight excluding hydrogens is 267 g/mol. The van der Waals surface area contributed by atoms with E-state index in [-0.39, 0.29) is 23.8 Å². The molecule has 1 aliphatic heterocycles. The van der Waals surface area contributed by atoms with Crippen molar-refractivity contribution in [3.05, 3.63) is 21.9 Å². The van der Waals surface area contributed by atoms with E-state index in [0.29, 0.717) is 30.4 Å². The number of H-pyrrole nitrogens is 1. The van der Waals surface area contributed by atoms with Crippen LogP contribution in [0.4, 0.5) is 0 Å². The van der Waals surface area contributed by atoms with Crippen molar-refractivity contribution in [1.29, 1.82) is 0 Å². The number of morpholine rings is 1. The normalized spacial score (nSPS) is 20.6. The maximum absolute atomic E-state index is 12.1. The highest BCUT2D eigenvalue weighted by Gasteiger charge is 2.25. The van der Waals surface area contributed by atoms with Gasteiger partial charge in [0.2, 0.25) is 0 Å². The van der Waals surface area contributed by atoms with Crippen LogP contribution in [0.2, 0.25) is 10.2 Å². The number of aromatic amines is 1. The van der Waals surface area contributed by atoms with E-state index >= 15 is 0 Å². The Bertz CT molecular complexity index is 402. The number of aromatic nitrogens is 1. The minimum absolute atomic E-state index is 0.101. The van der Waals surface area contributed by atoms with E-state index in [0.717, 1.165) is 0 Å². The fraction of sp³-hybridized carbons (Fsp3) is 0.500. The van der Waals surface area contributed by atoms with Crippen LogP contribution in [0.15, 0.2) is 6.07 Å². The number of carbonyl (C=O) groups excluding carboxylic acids is 1. The number of amides is 1. The molecule has 1 aliphatic rings. The van der Waals surface area contributed by atoms with Gasteiger partial charge in [-0.1, -0.05) is 23.2 Å². The van der Waals surface area contributed by atoms with Crippen LogP contribution in [-0.2, 0) is 4.74 Å². The summed E-state index contributed by atoms with van der Waals surface area (Å²) in [6.07, 6.45) is -0.325. The summed E-state index contributed by atoms with van der Waals surface area (Å²) in [5, 5.41) is 9.57. The molecule has 0 aliphatic carbocycles. The number of hydrogen-bond donors (Lipinski definition) is 2. The predicted molar refractivity (Wildman–Crippen MR) is 63.5 cm³/mol. The Morgan fingerprint density at radius 3 is 3.00 bits per heavy atom. The van der Waals surface area contributed by atoms with Crippen molar-refractivity contribution in [1.82, 2.24) is 9.88 Å². The van der Waals surface area contributed by atoms with Gasteiger partial charge in [-0.25, -0.2) is 0 Å². The minimum Gasteiger partial charge on any atom is -0.394 e. The van der Waals surface area contributed by atoms with Gasteiger partial charge in [-0.3, -0.25) is 4.79 Å². The Kier molecular flexibility index (Phi) is 3.93. The lowest BCUT2D eigenvalue weighted by Crippen LogP contribution is -2.47. The second-order valence-corrected chi connectivity index (χ2v) is 4.56. The molecule has 94 valence electrons. The first-order valence-electron chi connectivity index (χ1n) is 5.17. The molecule has 1 aromatic rings. The molecule has 1 fully saturated rings. The molecule has 0 spiro atoms. The van der Waals surface area contributed by atoms with E-state index in [4.69, 9.17) is 33.0 Å². The third-order valence-electron chi connectivity index (χ3n) is 2.59. The summed E-state index contributed by atoms with van der Waals surface area (Å²) in [5.41, 5.74) is 0.346. The van der Waals surface area contributed by atoms with Crippen molar-refractivity contribution in [2.45, 2.75) is 6.10 Å². The zero-order valence-electron chi connectivity index (χ0n) is 8.95. The summed E-state index contributed by atoms with van der Waals surface area (Å²) < 4.78 is 5.27. The van der Waals surface area contributed by atoms with Crippen LogP contribution < -0.4 is 0 Å². The van der Waals surface area contributed by atoms with E-state index in [2.05, 4.69) is 4.98 Å². The smallest absolute Gasteiger partial charge is 0.270 e. The molecule has 2 heterocycles.